The van der Waals surface area contributed by atoms with Gasteiger partial charge in [-0.05, 0) is 13.8 Å². The highest BCUT2D eigenvalue weighted by molar-refractivity contribution is 7.91. The first-order valence-corrected chi connectivity index (χ1v) is 5.95. The van der Waals surface area contributed by atoms with E-state index in [1.165, 1.54) is 13.8 Å². The molecule has 0 radical (unpaired) electrons. The standard InChI is InChI=1S/C8H11N3O3S/c1-8(2,15(3,12)13)7-11-5(4-9)6(10)14-7/h10H2,1-3H3. The lowest BCUT2D eigenvalue weighted by molar-refractivity contribution is 0.443. The van der Waals surface area contributed by atoms with Crippen LogP contribution >= 0.6 is 0 Å². The van der Waals surface area contributed by atoms with Crippen molar-refractivity contribution in [3.8, 4) is 6.07 Å². The van der Waals surface area contributed by atoms with Gasteiger partial charge in [-0.3, -0.25) is 0 Å². The minimum absolute atomic E-state index is 0.0703. The van der Waals surface area contributed by atoms with Gasteiger partial charge in [0.05, 0.1) is 0 Å². The molecule has 0 aliphatic carbocycles. The number of rotatable bonds is 2. The van der Waals surface area contributed by atoms with Crippen molar-refractivity contribution in [2.24, 2.45) is 0 Å². The van der Waals surface area contributed by atoms with E-state index in [1.807, 2.05) is 0 Å². The molecule has 0 bridgehead atoms. The zero-order valence-corrected chi connectivity index (χ0v) is 9.42. The molecule has 7 heteroatoms. The summed E-state index contributed by atoms with van der Waals surface area (Å²) in [7, 11) is -3.39. The monoisotopic (exact) mass is 229 g/mol. The van der Waals surface area contributed by atoms with Crippen LogP contribution in [0.3, 0.4) is 0 Å². The second-order valence-corrected chi connectivity index (χ2v) is 6.19. The van der Waals surface area contributed by atoms with E-state index in [2.05, 4.69) is 4.98 Å². The summed E-state index contributed by atoms with van der Waals surface area (Å²) in [5.74, 6) is -0.233. The van der Waals surface area contributed by atoms with Crippen molar-refractivity contribution in [2.75, 3.05) is 12.0 Å². The quantitative estimate of drug-likeness (QED) is 0.786. The minimum Gasteiger partial charge on any atom is -0.422 e. The van der Waals surface area contributed by atoms with Gasteiger partial charge in [0, 0.05) is 6.26 Å². The predicted molar refractivity (Wildman–Crippen MR) is 53.5 cm³/mol. The number of oxazole rings is 1. The third kappa shape index (κ3) is 1.80. The molecule has 1 rings (SSSR count). The lowest BCUT2D eigenvalue weighted by Crippen LogP contribution is -2.28. The number of nitrogen functional groups attached to an aromatic ring is 1. The molecule has 0 saturated carbocycles. The lowest BCUT2D eigenvalue weighted by Gasteiger charge is -2.17. The van der Waals surface area contributed by atoms with Gasteiger partial charge in [0.1, 0.15) is 10.8 Å². The Hall–Kier alpha value is -1.55. The molecule has 0 unspecified atom stereocenters. The average molecular weight is 229 g/mol. The summed E-state index contributed by atoms with van der Waals surface area (Å²) in [6, 6.07) is 1.71. The van der Waals surface area contributed by atoms with E-state index in [-0.39, 0.29) is 17.5 Å². The first-order valence-electron chi connectivity index (χ1n) is 4.06. The summed E-state index contributed by atoms with van der Waals surface area (Å²) in [4.78, 5) is 3.73. The highest BCUT2D eigenvalue weighted by Crippen LogP contribution is 2.30. The van der Waals surface area contributed by atoms with Crippen molar-refractivity contribution >= 4 is 15.7 Å². The van der Waals surface area contributed by atoms with Crippen LogP contribution in [0.1, 0.15) is 25.4 Å². The Balaban J connectivity index is 3.36. The summed E-state index contributed by atoms with van der Waals surface area (Å²) in [6.07, 6.45) is 1.07. The number of nitrogens with zero attached hydrogens (tertiary/aromatic N) is 2. The molecule has 0 aliphatic rings. The van der Waals surface area contributed by atoms with Crippen LogP contribution in [0.4, 0.5) is 5.88 Å². The molecule has 0 spiro atoms. The summed E-state index contributed by atoms with van der Waals surface area (Å²) < 4.78 is 26.5. The van der Waals surface area contributed by atoms with E-state index < -0.39 is 14.6 Å². The maximum absolute atomic E-state index is 11.4. The van der Waals surface area contributed by atoms with Gasteiger partial charge in [-0.25, -0.2) is 8.42 Å². The summed E-state index contributed by atoms with van der Waals surface area (Å²) in [5.41, 5.74) is 5.25. The van der Waals surface area contributed by atoms with Crippen LogP contribution in [0.15, 0.2) is 4.42 Å². The molecular formula is C8H11N3O3S. The van der Waals surface area contributed by atoms with Crippen LogP contribution in [-0.2, 0) is 14.6 Å². The molecular weight excluding hydrogens is 218 g/mol. The molecule has 82 valence electrons. The van der Waals surface area contributed by atoms with E-state index in [9.17, 15) is 8.42 Å². The Morgan fingerprint density at radius 2 is 2.07 bits per heavy atom. The Morgan fingerprint density at radius 3 is 2.40 bits per heavy atom. The maximum atomic E-state index is 11.4. The van der Waals surface area contributed by atoms with Crippen molar-refractivity contribution in [3.63, 3.8) is 0 Å². The van der Waals surface area contributed by atoms with E-state index >= 15 is 0 Å². The Bertz CT molecular complexity index is 522. The number of aromatic nitrogens is 1. The zero-order valence-electron chi connectivity index (χ0n) is 8.60. The first kappa shape index (κ1) is 11.5. The molecule has 15 heavy (non-hydrogen) atoms. The molecule has 1 aromatic heterocycles. The van der Waals surface area contributed by atoms with E-state index in [1.54, 1.807) is 6.07 Å². The Morgan fingerprint density at radius 1 is 1.53 bits per heavy atom. The van der Waals surface area contributed by atoms with Crippen molar-refractivity contribution in [1.29, 1.82) is 5.26 Å². The smallest absolute Gasteiger partial charge is 0.229 e. The van der Waals surface area contributed by atoms with Crippen LogP contribution in [0.25, 0.3) is 0 Å². The second kappa shape index (κ2) is 3.24. The molecule has 0 aromatic carbocycles. The van der Waals surface area contributed by atoms with Gasteiger partial charge in [-0.15, -0.1) is 0 Å². The molecule has 0 atom stereocenters. The zero-order chi connectivity index (χ0) is 11.9. The van der Waals surface area contributed by atoms with E-state index in [0.717, 1.165) is 6.26 Å². The molecule has 0 saturated heterocycles. The predicted octanol–water partition coefficient (Wildman–Crippen LogP) is 0.408. The molecule has 0 amide bonds. The third-order valence-electron chi connectivity index (χ3n) is 2.20. The number of anilines is 1. The Kier molecular flexibility index (Phi) is 2.49. The molecule has 1 heterocycles. The summed E-state index contributed by atoms with van der Waals surface area (Å²) in [6.45, 7) is 2.88. The van der Waals surface area contributed by atoms with E-state index in [4.69, 9.17) is 15.4 Å². The third-order valence-corrected chi connectivity index (χ3v) is 4.23. The van der Waals surface area contributed by atoms with Gasteiger partial charge >= 0.3 is 0 Å². The molecule has 0 aliphatic heterocycles. The van der Waals surface area contributed by atoms with Crippen LogP contribution in [0.5, 0.6) is 0 Å². The molecule has 6 nitrogen and oxygen atoms in total. The molecule has 1 aromatic rings. The second-order valence-electron chi connectivity index (χ2n) is 3.63. The average Bonchev–Trinajstić information content (AvgIpc) is 2.45. The van der Waals surface area contributed by atoms with Crippen molar-refractivity contribution in [2.45, 2.75) is 18.6 Å². The number of hydrogen-bond donors (Lipinski definition) is 1. The van der Waals surface area contributed by atoms with Crippen LogP contribution in [-0.4, -0.2) is 19.7 Å². The molecule has 0 fully saturated rings. The van der Waals surface area contributed by atoms with Crippen LogP contribution < -0.4 is 5.73 Å². The van der Waals surface area contributed by atoms with Gasteiger partial charge in [-0.2, -0.15) is 10.2 Å². The highest BCUT2D eigenvalue weighted by atomic mass is 32.2. The summed E-state index contributed by atoms with van der Waals surface area (Å²) >= 11 is 0. The fraction of sp³-hybridized carbons (Fsp3) is 0.500. The SMILES string of the molecule is CC(C)(c1nc(C#N)c(N)o1)S(C)(=O)=O. The number of hydrogen-bond acceptors (Lipinski definition) is 6. The number of nitriles is 1. The first-order chi connectivity index (χ1) is 6.70. The largest absolute Gasteiger partial charge is 0.422 e. The van der Waals surface area contributed by atoms with Crippen molar-refractivity contribution < 1.29 is 12.8 Å². The normalized spacial score (nSPS) is 12.4. The minimum atomic E-state index is -3.39. The maximum Gasteiger partial charge on any atom is 0.229 e. The number of nitrogens with two attached hydrogens (primary N) is 1. The van der Waals surface area contributed by atoms with Gasteiger partial charge in [0.25, 0.3) is 0 Å². The van der Waals surface area contributed by atoms with Gasteiger partial charge in [0.15, 0.2) is 9.84 Å². The highest BCUT2D eigenvalue weighted by Gasteiger charge is 2.38. The van der Waals surface area contributed by atoms with Gasteiger partial charge in [0.2, 0.25) is 17.5 Å². The van der Waals surface area contributed by atoms with Gasteiger partial charge in [-0.1, -0.05) is 0 Å². The fourth-order valence-electron chi connectivity index (χ4n) is 0.828. The lowest BCUT2D eigenvalue weighted by atomic mass is 10.2. The Labute approximate surface area is 87.6 Å². The van der Waals surface area contributed by atoms with Crippen LogP contribution in [0, 0.1) is 11.3 Å². The van der Waals surface area contributed by atoms with Gasteiger partial charge < -0.3 is 10.2 Å². The fourth-order valence-corrected chi connectivity index (χ4v) is 1.23. The van der Waals surface area contributed by atoms with Crippen molar-refractivity contribution in [3.05, 3.63) is 11.6 Å². The van der Waals surface area contributed by atoms with E-state index in [0.29, 0.717) is 0 Å². The topological polar surface area (TPSA) is 110 Å². The molecule has 2 N–H and O–H groups in total. The number of sulfone groups is 1. The van der Waals surface area contributed by atoms with Crippen LogP contribution in [0.2, 0.25) is 0 Å². The summed E-state index contributed by atoms with van der Waals surface area (Å²) in [5, 5.41) is 8.60. The van der Waals surface area contributed by atoms with Crippen molar-refractivity contribution in [1.82, 2.24) is 4.98 Å².